The van der Waals surface area contributed by atoms with Crippen LogP contribution in [0, 0.1) is 0 Å². The second-order valence-corrected chi connectivity index (χ2v) is 2.18. The van der Waals surface area contributed by atoms with E-state index in [1.54, 1.807) is 0 Å². The standard InChI is InChI=1S/C6H12FN3O3/c7-3-5(11)10-9-2-1-8-4-6(12)13/h8-9H,1-4H2,(H,10,11)(H,12,13). The fourth-order valence-corrected chi connectivity index (χ4v) is 0.541. The topological polar surface area (TPSA) is 90.5 Å². The van der Waals surface area contributed by atoms with Crippen LogP contribution in [0.5, 0.6) is 0 Å². The van der Waals surface area contributed by atoms with Crippen molar-refractivity contribution in [2.75, 3.05) is 26.3 Å². The van der Waals surface area contributed by atoms with Gasteiger partial charge in [-0.25, -0.2) is 9.82 Å². The molecule has 0 saturated heterocycles. The van der Waals surface area contributed by atoms with E-state index in [0.29, 0.717) is 13.1 Å². The van der Waals surface area contributed by atoms with Gasteiger partial charge in [0.25, 0.3) is 5.91 Å². The highest BCUT2D eigenvalue weighted by atomic mass is 19.1. The van der Waals surface area contributed by atoms with Crippen LogP contribution in [0.2, 0.25) is 0 Å². The summed E-state index contributed by atoms with van der Waals surface area (Å²) in [5.74, 6) is -1.70. The first-order valence-electron chi connectivity index (χ1n) is 3.67. The van der Waals surface area contributed by atoms with Crippen molar-refractivity contribution in [3.8, 4) is 0 Å². The molecular weight excluding hydrogens is 181 g/mol. The van der Waals surface area contributed by atoms with Crippen LogP contribution in [0.1, 0.15) is 0 Å². The molecule has 0 heterocycles. The summed E-state index contributed by atoms with van der Waals surface area (Å²) >= 11 is 0. The third kappa shape index (κ3) is 8.70. The molecular formula is C6H12FN3O3. The Morgan fingerprint density at radius 1 is 1.31 bits per heavy atom. The Labute approximate surface area is 74.5 Å². The summed E-state index contributed by atoms with van der Waals surface area (Å²) in [4.78, 5) is 20.3. The number of hydrogen-bond donors (Lipinski definition) is 4. The Morgan fingerprint density at radius 3 is 2.54 bits per heavy atom. The molecule has 0 spiro atoms. The molecule has 6 nitrogen and oxygen atoms in total. The van der Waals surface area contributed by atoms with Gasteiger partial charge >= 0.3 is 5.97 Å². The van der Waals surface area contributed by atoms with Crippen LogP contribution in [0.15, 0.2) is 0 Å². The third-order valence-corrected chi connectivity index (χ3v) is 1.05. The van der Waals surface area contributed by atoms with Crippen LogP contribution in [-0.2, 0) is 9.59 Å². The first kappa shape index (κ1) is 11.8. The molecule has 4 N–H and O–H groups in total. The molecule has 0 aliphatic carbocycles. The second kappa shape index (κ2) is 7.44. The van der Waals surface area contributed by atoms with Crippen molar-refractivity contribution in [1.82, 2.24) is 16.2 Å². The highest BCUT2D eigenvalue weighted by Crippen LogP contribution is 1.64. The molecule has 0 saturated carbocycles. The number of carboxylic acid groups (broad SMARTS) is 1. The number of carbonyl (C=O) groups is 2. The molecule has 0 atom stereocenters. The molecule has 0 rings (SSSR count). The number of alkyl halides is 1. The minimum atomic E-state index is -1.07. The second-order valence-electron chi connectivity index (χ2n) is 2.18. The molecule has 13 heavy (non-hydrogen) atoms. The minimum Gasteiger partial charge on any atom is -0.480 e. The van der Waals surface area contributed by atoms with Crippen molar-refractivity contribution < 1.29 is 19.1 Å². The summed E-state index contributed by atoms with van der Waals surface area (Å²) in [6.07, 6.45) is 0. The van der Waals surface area contributed by atoms with Gasteiger partial charge in [-0.15, -0.1) is 0 Å². The van der Waals surface area contributed by atoms with Gasteiger partial charge in [0.05, 0.1) is 6.54 Å². The smallest absolute Gasteiger partial charge is 0.317 e. The van der Waals surface area contributed by atoms with Gasteiger partial charge < -0.3 is 10.4 Å². The lowest BCUT2D eigenvalue weighted by Crippen LogP contribution is -2.42. The number of aliphatic carboxylic acids is 1. The SMILES string of the molecule is O=C(O)CNCCNNC(=O)CF. The number of carboxylic acids is 1. The van der Waals surface area contributed by atoms with Gasteiger partial charge in [0, 0.05) is 13.1 Å². The summed E-state index contributed by atoms with van der Waals surface area (Å²) in [5, 5.41) is 10.8. The molecule has 0 unspecified atom stereocenters. The van der Waals surface area contributed by atoms with E-state index in [-0.39, 0.29) is 6.54 Å². The van der Waals surface area contributed by atoms with Gasteiger partial charge in [-0.05, 0) is 0 Å². The minimum absolute atomic E-state index is 0.140. The van der Waals surface area contributed by atoms with Gasteiger partial charge in [-0.3, -0.25) is 15.0 Å². The molecule has 0 aliphatic rings. The average molecular weight is 193 g/mol. The number of halogens is 1. The zero-order chi connectivity index (χ0) is 10.1. The molecule has 0 aromatic carbocycles. The summed E-state index contributed by atoms with van der Waals surface area (Å²) in [6.45, 7) is -0.508. The highest BCUT2D eigenvalue weighted by molar-refractivity contribution is 5.76. The van der Waals surface area contributed by atoms with E-state index in [0.717, 1.165) is 0 Å². The largest absolute Gasteiger partial charge is 0.480 e. The van der Waals surface area contributed by atoms with Crippen LogP contribution in [0.4, 0.5) is 4.39 Å². The maximum absolute atomic E-state index is 11.5. The predicted molar refractivity (Wildman–Crippen MR) is 42.6 cm³/mol. The normalized spacial score (nSPS) is 9.62. The van der Waals surface area contributed by atoms with Crippen LogP contribution in [-0.4, -0.2) is 43.3 Å². The van der Waals surface area contributed by atoms with E-state index >= 15 is 0 Å². The molecule has 0 radical (unpaired) electrons. The van der Waals surface area contributed by atoms with Crippen molar-refractivity contribution in [1.29, 1.82) is 0 Å². The summed E-state index contributed by atoms with van der Waals surface area (Å²) < 4.78 is 11.5. The van der Waals surface area contributed by atoms with Crippen LogP contribution in [0.3, 0.4) is 0 Å². The maximum atomic E-state index is 11.5. The van der Waals surface area contributed by atoms with Gasteiger partial charge in [-0.1, -0.05) is 0 Å². The number of amides is 1. The Balaban J connectivity index is 3.08. The van der Waals surface area contributed by atoms with E-state index in [9.17, 15) is 14.0 Å². The highest BCUT2D eigenvalue weighted by Gasteiger charge is 1.97. The summed E-state index contributed by atoms with van der Waals surface area (Å²) in [5.41, 5.74) is 4.48. The molecule has 0 bridgehead atoms. The number of hydrazine groups is 1. The van der Waals surface area contributed by atoms with E-state index in [1.807, 2.05) is 0 Å². The molecule has 1 amide bonds. The van der Waals surface area contributed by atoms with E-state index in [2.05, 4.69) is 16.2 Å². The Kier molecular flexibility index (Phi) is 6.75. The van der Waals surface area contributed by atoms with Crippen molar-refractivity contribution in [2.24, 2.45) is 0 Å². The first-order chi connectivity index (χ1) is 6.16. The molecule has 0 aromatic heterocycles. The average Bonchev–Trinajstić information content (AvgIpc) is 2.10. The van der Waals surface area contributed by atoms with Crippen LogP contribution in [0.25, 0.3) is 0 Å². The van der Waals surface area contributed by atoms with Crippen molar-refractivity contribution in [3.05, 3.63) is 0 Å². The van der Waals surface area contributed by atoms with E-state index in [4.69, 9.17) is 5.11 Å². The van der Waals surface area contributed by atoms with Crippen molar-refractivity contribution in [3.63, 3.8) is 0 Å². The lowest BCUT2D eigenvalue weighted by atomic mass is 10.6. The van der Waals surface area contributed by atoms with Gasteiger partial charge in [0.1, 0.15) is 0 Å². The Bertz CT molecular complexity index is 177. The summed E-state index contributed by atoms with van der Waals surface area (Å²) in [7, 11) is 0. The molecule has 0 fully saturated rings. The lowest BCUT2D eigenvalue weighted by Gasteiger charge is -2.04. The summed E-state index contributed by atoms with van der Waals surface area (Å²) in [6, 6.07) is 0. The Hall–Kier alpha value is -1.21. The van der Waals surface area contributed by atoms with Crippen molar-refractivity contribution >= 4 is 11.9 Å². The zero-order valence-electron chi connectivity index (χ0n) is 6.97. The number of nitrogens with one attached hydrogen (secondary N) is 3. The lowest BCUT2D eigenvalue weighted by molar-refractivity contribution is -0.136. The molecule has 76 valence electrons. The van der Waals surface area contributed by atoms with Gasteiger partial charge in [0.2, 0.25) is 0 Å². The van der Waals surface area contributed by atoms with Crippen LogP contribution < -0.4 is 16.2 Å². The fraction of sp³-hybridized carbons (Fsp3) is 0.667. The van der Waals surface area contributed by atoms with Crippen molar-refractivity contribution in [2.45, 2.75) is 0 Å². The van der Waals surface area contributed by atoms with E-state index in [1.165, 1.54) is 0 Å². The van der Waals surface area contributed by atoms with Gasteiger partial charge in [0.15, 0.2) is 6.67 Å². The van der Waals surface area contributed by atoms with E-state index < -0.39 is 18.6 Å². The quantitative estimate of drug-likeness (QED) is 0.284. The Morgan fingerprint density at radius 2 is 2.00 bits per heavy atom. The number of hydrogen-bond acceptors (Lipinski definition) is 4. The van der Waals surface area contributed by atoms with Crippen LogP contribution >= 0.6 is 0 Å². The number of rotatable bonds is 7. The molecule has 0 aliphatic heterocycles. The first-order valence-corrected chi connectivity index (χ1v) is 3.67. The zero-order valence-corrected chi connectivity index (χ0v) is 6.97. The van der Waals surface area contributed by atoms with Gasteiger partial charge in [-0.2, -0.15) is 0 Å². The third-order valence-electron chi connectivity index (χ3n) is 1.05. The molecule has 7 heteroatoms. The molecule has 0 aromatic rings. The maximum Gasteiger partial charge on any atom is 0.317 e. The monoisotopic (exact) mass is 193 g/mol. The predicted octanol–water partition coefficient (Wildman–Crippen LogP) is -1.75. The fourth-order valence-electron chi connectivity index (χ4n) is 0.541. The number of carbonyl (C=O) groups excluding carboxylic acids is 1.